The maximum atomic E-state index is 5.35. The van der Waals surface area contributed by atoms with E-state index < -0.39 is 0 Å². The summed E-state index contributed by atoms with van der Waals surface area (Å²) in [5, 5.41) is 1.06. The van der Waals surface area contributed by atoms with Crippen LogP contribution in [0.3, 0.4) is 0 Å². The van der Waals surface area contributed by atoms with Crippen molar-refractivity contribution in [2.75, 3.05) is 12.9 Å². The number of hydrogen-bond donors (Lipinski definition) is 0. The summed E-state index contributed by atoms with van der Waals surface area (Å²) in [6, 6.07) is 16.5. The van der Waals surface area contributed by atoms with Gasteiger partial charge in [0.1, 0.15) is 5.75 Å². The van der Waals surface area contributed by atoms with E-state index in [1.165, 1.54) is 5.56 Å². The van der Waals surface area contributed by atoms with Gasteiger partial charge in [0.05, 0.1) is 24.7 Å². The van der Waals surface area contributed by atoms with Gasteiger partial charge in [-0.2, -0.15) is 0 Å². The molecular formula is C17H18N2OS. The highest BCUT2D eigenvalue weighted by molar-refractivity contribution is 7.99. The summed E-state index contributed by atoms with van der Waals surface area (Å²) in [7, 11) is 1.70. The third kappa shape index (κ3) is 2.90. The molecule has 0 N–H and O–H groups in total. The SMILES string of the molecule is CCSc1nc2ccc(OC)cc2n1Cc1ccccc1. The van der Waals surface area contributed by atoms with Crippen molar-refractivity contribution in [2.24, 2.45) is 0 Å². The first kappa shape index (κ1) is 14.0. The minimum absolute atomic E-state index is 0.826. The lowest BCUT2D eigenvalue weighted by Crippen LogP contribution is -2.01. The van der Waals surface area contributed by atoms with Gasteiger partial charge >= 0.3 is 0 Å². The van der Waals surface area contributed by atoms with E-state index in [1.54, 1.807) is 18.9 Å². The fourth-order valence-electron chi connectivity index (χ4n) is 2.37. The lowest BCUT2D eigenvalue weighted by Gasteiger charge is -2.09. The Hall–Kier alpha value is -1.94. The Bertz CT molecular complexity index is 737. The van der Waals surface area contributed by atoms with Crippen molar-refractivity contribution >= 4 is 22.8 Å². The highest BCUT2D eigenvalue weighted by Gasteiger charge is 2.12. The van der Waals surface area contributed by atoms with Crippen molar-refractivity contribution in [3.05, 3.63) is 54.1 Å². The van der Waals surface area contributed by atoms with Crippen LogP contribution < -0.4 is 4.74 Å². The molecule has 0 saturated heterocycles. The van der Waals surface area contributed by atoms with Gasteiger partial charge in [0.15, 0.2) is 5.16 Å². The van der Waals surface area contributed by atoms with E-state index in [2.05, 4.69) is 41.8 Å². The van der Waals surface area contributed by atoms with Gasteiger partial charge in [-0.3, -0.25) is 0 Å². The molecule has 1 heterocycles. The number of fused-ring (bicyclic) bond motifs is 1. The molecule has 3 nitrogen and oxygen atoms in total. The third-order valence-electron chi connectivity index (χ3n) is 3.38. The molecule has 1 aromatic heterocycles. The normalized spacial score (nSPS) is 11.0. The minimum Gasteiger partial charge on any atom is -0.497 e. The predicted octanol–water partition coefficient (Wildman–Crippen LogP) is 4.21. The molecule has 4 heteroatoms. The molecule has 0 fully saturated rings. The zero-order valence-electron chi connectivity index (χ0n) is 12.2. The second-order valence-electron chi connectivity index (χ2n) is 4.75. The summed E-state index contributed by atoms with van der Waals surface area (Å²) >= 11 is 1.77. The van der Waals surface area contributed by atoms with E-state index in [4.69, 9.17) is 9.72 Å². The maximum absolute atomic E-state index is 5.35. The summed E-state index contributed by atoms with van der Waals surface area (Å²) in [5.41, 5.74) is 3.41. The molecule has 21 heavy (non-hydrogen) atoms. The van der Waals surface area contributed by atoms with E-state index in [1.807, 2.05) is 18.2 Å². The molecule has 0 amide bonds. The molecule has 0 radical (unpaired) electrons. The van der Waals surface area contributed by atoms with Crippen LogP contribution in [0.4, 0.5) is 0 Å². The molecule has 0 spiro atoms. The maximum Gasteiger partial charge on any atom is 0.169 e. The number of rotatable bonds is 5. The number of aromatic nitrogens is 2. The molecule has 3 aromatic rings. The Kier molecular flexibility index (Phi) is 4.15. The van der Waals surface area contributed by atoms with Crippen LogP contribution in [-0.4, -0.2) is 22.4 Å². The lowest BCUT2D eigenvalue weighted by atomic mass is 10.2. The Labute approximate surface area is 129 Å². The molecule has 3 rings (SSSR count). The summed E-state index contributed by atoms with van der Waals surface area (Å²) < 4.78 is 7.61. The van der Waals surface area contributed by atoms with E-state index in [-0.39, 0.29) is 0 Å². The van der Waals surface area contributed by atoms with E-state index in [9.17, 15) is 0 Å². The van der Waals surface area contributed by atoms with Gasteiger partial charge < -0.3 is 9.30 Å². The number of nitrogens with zero attached hydrogens (tertiary/aromatic N) is 2. The number of thioether (sulfide) groups is 1. The van der Waals surface area contributed by atoms with Gasteiger partial charge in [-0.05, 0) is 23.4 Å². The molecule has 0 bridgehead atoms. The van der Waals surface area contributed by atoms with Crippen LogP contribution in [-0.2, 0) is 6.54 Å². The van der Waals surface area contributed by atoms with Crippen LogP contribution in [0.5, 0.6) is 5.75 Å². The predicted molar refractivity (Wildman–Crippen MR) is 88.2 cm³/mol. The first-order valence-electron chi connectivity index (χ1n) is 7.03. The molecule has 0 saturated carbocycles. The molecule has 0 aliphatic rings. The van der Waals surface area contributed by atoms with E-state index in [0.29, 0.717) is 0 Å². The fourth-order valence-corrected chi connectivity index (χ4v) is 3.11. The van der Waals surface area contributed by atoms with Crippen molar-refractivity contribution < 1.29 is 4.74 Å². The van der Waals surface area contributed by atoms with Crippen LogP contribution in [0.2, 0.25) is 0 Å². The molecule has 0 aliphatic carbocycles. The van der Waals surface area contributed by atoms with Crippen LogP contribution in [0.25, 0.3) is 11.0 Å². The van der Waals surface area contributed by atoms with Gasteiger partial charge in [0.2, 0.25) is 0 Å². The highest BCUT2D eigenvalue weighted by Crippen LogP contribution is 2.27. The van der Waals surface area contributed by atoms with E-state index in [0.717, 1.165) is 34.2 Å². The fraction of sp³-hybridized carbons (Fsp3) is 0.235. The van der Waals surface area contributed by atoms with Crippen molar-refractivity contribution in [3.63, 3.8) is 0 Å². The Morgan fingerprint density at radius 3 is 2.67 bits per heavy atom. The smallest absolute Gasteiger partial charge is 0.169 e. The number of ether oxygens (including phenoxy) is 1. The van der Waals surface area contributed by atoms with Crippen molar-refractivity contribution in [3.8, 4) is 5.75 Å². The van der Waals surface area contributed by atoms with Crippen molar-refractivity contribution in [1.29, 1.82) is 0 Å². The van der Waals surface area contributed by atoms with Crippen LogP contribution in [0, 0.1) is 0 Å². The number of benzene rings is 2. The van der Waals surface area contributed by atoms with Gasteiger partial charge in [0, 0.05) is 6.07 Å². The second kappa shape index (κ2) is 6.22. The lowest BCUT2D eigenvalue weighted by molar-refractivity contribution is 0.415. The van der Waals surface area contributed by atoms with Gasteiger partial charge in [-0.25, -0.2) is 4.98 Å². The van der Waals surface area contributed by atoms with Crippen molar-refractivity contribution in [1.82, 2.24) is 9.55 Å². The Balaban J connectivity index is 2.10. The Morgan fingerprint density at radius 2 is 1.95 bits per heavy atom. The first-order valence-corrected chi connectivity index (χ1v) is 8.01. The zero-order valence-corrected chi connectivity index (χ0v) is 13.1. The quantitative estimate of drug-likeness (QED) is 0.660. The summed E-state index contributed by atoms with van der Waals surface area (Å²) in [6.07, 6.45) is 0. The van der Waals surface area contributed by atoms with Crippen LogP contribution >= 0.6 is 11.8 Å². The average Bonchev–Trinajstić information content (AvgIpc) is 2.86. The third-order valence-corrected chi connectivity index (χ3v) is 4.24. The Morgan fingerprint density at radius 1 is 1.14 bits per heavy atom. The molecule has 0 unspecified atom stereocenters. The van der Waals surface area contributed by atoms with Crippen LogP contribution in [0.1, 0.15) is 12.5 Å². The number of imidazole rings is 1. The van der Waals surface area contributed by atoms with Crippen molar-refractivity contribution in [2.45, 2.75) is 18.6 Å². The molecule has 0 aliphatic heterocycles. The van der Waals surface area contributed by atoms with E-state index >= 15 is 0 Å². The molecule has 2 aromatic carbocycles. The number of hydrogen-bond acceptors (Lipinski definition) is 3. The summed E-state index contributed by atoms with van der Waals surface area (Å²) in [4.78, 5) is 4.74. The molecule has 108 valence electrons. The summed E-state index contributed by atoms with van der Waals surface area (Å²) in [6.45, 7) is 2.98. The largest absolute Gasteiger partial charge is 0.497 e. The average molecular weight is 298 g/mol. The second-order valence-corrected chi connectivity index (χ2v) is 5.98. The molecular weight excluding hydrogens is 280 g/mol. The van der Waals surface area contributed by atoms with Gasteiger partial charge in [-0.15, -0.1) is 0 Å². The standard InChI is InChI=1S/C17H18N2OS/c1-3-21-17-18-15-10-9-14(20-2)11-16(15)19(17)12-13-7-5-4-6-8-13/h4-11H,3,12H2,1-2H3. The number of methoxy groups -OCH3 is 1. The summed E-state index contributed by atoms with van der Waals surface area (Å²) in [5.74, 6) is 1.87. The monoisotopic (exact) mass is 298 g/mol. The van der Waals surface area contributed by atoms with Gasteiger partial charge in [0.25, 0.3) is 0 Å². The van der Waals surface area contributed by atoms with Crippen LogP contribution in [0.15, 0.2) is 53.7 Å². The first-order chi connectivity index (χ1) is 10.3. The topological polar surface area (TPSA) is 27.1 Å². The minimum atomic E-state index is 0.826. The van der Waals surface area contributed by atoms with Gasteiger partial charge in [-0.1, -0.05) is 49.0 Å². The highest BCUT2D eigenvalue weighted by atomic mass is 32.2. The molecule has 0 atom stereocenters. The zero-order chi connectivity index (χ0) is 14.7.